The summed E-state index contributed by atoms with van der Waals surface area (Å²) in [6.07, 6.45) is 1.45. The van der Waals surface area contributed by atoms with Gasteiger partial charge in [-0.15, -0.1) is 0 Å². The maximum absolute atomic E-state index is 12.5. The third-order valence-corrected chi connectivity index (χ3v) is 3.49. The highest BCUT2D eigenvalue weighted by Gasteiger charge is 2.34. The first kappa shape index (κ1) is 13.4. The summed E-state index contributed by atoms with van der Waals surface area (Å²) in [6, 6.07) is 10.7. The zero-order valence-corrected chi connectivity index (χ0v) is 11.9. The largest absolute Gasteiger partial charge is 0.459 e. The van der Waals surface area contributed by atoms with Gasteiger partial charge in [0.25, 0.3) is 5.91 Å². The van der Waals surface area contributed by atoms with Crippen LogP contribution in [0.1, 0.15) is 24.4 Å². The van der Waals surface area contributed by atoms with Crippen LogP contribution in [0, 0.1) is 0 Å². The lowest BCUT2D eigenvalue weighted by Gasteiger charge is -2.37. The SMILES string of the molecule is CC(C)N1C(=O)CN(C(=O)c2ccco2)c2ccccc21. The summed E-state index contributed by atoms with van der Waals surface area (Å²) in [5.74, 6) is -0.164. The molecule has 5 nitrogen and oxygen atoms in total. The molecule has 3 rings (SSSR count). The predicted octanol–water partition coefficient (Wildman–Crippen LogP) is 2.68. The van der Waals surface area contributed by atoms with Crippen molar-refractivity contribution in [2.45, 2.75) is 19.9 Å². The van der Waals surface area contributed by atoms with E-state index in [2.05, 4.69) is 0 Å². The molecule has 1 aromatic heterocycles. The van der Waals surface area contributed by atoms with Crippen molar-refractivity contribution in [3.05, 3.63) is 48.4 Å². The lowest BCUT2D eigenvalue weighted by atomic mass is 10.1. The fraction of sp³-hybridized carbons (Fsp3) is 0.250. The number of para-hydroxylation sites is 2. The number of amides is 2. The number of rotatable bonds is 2. The number of carbonyl (C=O) groups excluding carboxylic acids is 2. The minimum Gasteiger partial charge on any atom is -0.459 e. The fourth-order valence-corrected chi connectivity index (χ4v) is 2.61. The van der Waals surface area contributed by atoms with Crippen molar-refractivity contribution in [1.29, 1.82) is 0 Å². The van der Waals surface area contributed by atoms with Gasteiger partial charge in [-0.2, -0.15) is 0 Å². The van der Waals surface area contributed by atoms with Crippen molar-refractivity contribution in [2.24, 2.45) is 0 Å². The van der Waals surface area contributed by atoms with Crippen molar-refractivity contribution < 1.29 is 14.0 Å². The Labute approximate surface area is 122 Å². The number of nitrogens with zero attached hydrogens (tertiary/aromatic N) is 2. The van der Waals surface area contributed by atoms with E-state index in [1.165, 1.54) is 11.2 Å². The van der Waals surface area contributed by atoms with Crippen molar-refractivity contribution in [3.8, 4) is 0 Å². The molecule has 1 aliphatic rings. The zero-order valence-electron chi connectivity index (χ0n) is 11.9. The molecule has 0 radical (unpaired) electrons. The maximum Gasteiger partial charge on any atom is 0.294 e. The van der Waals surface area contributed by atoms with Crippen LogP contribution in [0.15, 0.2) is 47.1 Å². The Balaban J connectivity index is 2.06. The van der Waals surface area contributed by atoms with Crippen molar-refractivity contribution >= 4 is 23.2 Å². The third-order valence-electron chi connectivity index (χ3n) is 3.49. The molecule has 0 saturated heterocycles. The number of anilines is 2. The Bertz CT molecular complexity index is 677. The van der Waals surface area contributed by atoms with E-state index in [9.17, 15) is 9.59 Å². The zero-order chi connectivity index (χ0) is 15.0. The quantitative estimate of drug-likeness (QED) is 0.852. The molecule has 21 heavy (non-hydrogen) atoms. The molecule has 0 atom stereocenters. The lowest BCUT2D eigenvalue weighted by molar-refractivity contribution is -0.117. The molecule has 1 aromatic carbocycles. The second-order valence-electron chi connectivity index (χ2n) is 5.21. The van der Waals surface area contributed by atoms with Gasteiger partial charge in [-0.25, -0.2) is 0 Å². The molecule has 1 aliphatic heterocycles. The Morgan fingerprint density at radius 1 is 1.14 bits per heavy atom. The highest BCUT2D eigenvalue weighted by molar-refractivity contribution is 6.15. The second-order valence-corrected chi connectivity index (χ2v) is 5.21. The molecule has 0 spiro atoms. The molecule has 5 heteroatoms. The van der Waals surface area contributed by atoms with Crippen LogP contribution in [0.25, 0.3) is 0 Å². The van der Waals surface area contributed by atoms with E-state index < -0.39 is 0 Å². The molecule has 2 amide bonds. The van der Waals surface area contributed by atoms with Crippen molar-refractivity contribution in [3.63, 3.8) is 0 Å². The second kappa shape index (κ2) is 5.09. The first-order chi connectivity index (χ1) is 10.1. The summed E-state index contributed by atoms with van der Waals surface area (Å²) < 4.78 is 5.16. The highest BCUT2D eigenvalue weighted by atomic mass is 16.3. The minimum absolute atomic E-state index is 0.0225. The molecule has 0 N–H and O–H groups in total. The predicted molar refractivity (Wildman–Crippen MR) is 79.4 cm³/mol. The van der Waals surface area contributed by atoms with E-state index >= 15 is 0 Å². The average Bonchev–Trinajstić information content (AvgIpc) is 2.99. The number of fused-ring (bicyclic) bond motifs is 1. The van der Waals surface area contributed by atoms with E-state index in [0.717, 1.165) is 11.4 Å². The molecule has 2 heterocycles. The van der Waals surface area contributed by atoms with Gasteiger partial charge in [0.1, 0.15) is 6.54 Å². The van der Waals surface area contributed by atoms with Crippen molar-refractivity contribution in [2.75, 3.05) is 16.3 Å². The van der Waals surface area contributed by atoms with Crippen LogP contribution in [0.4, 0.5) is 11.4 Å². The first-order valence-electron chi connectivity index (χ1n) is 6.86. The van der Waals surface area contributed by atoms with E-state index in [4.69, 9.17) is 4.42 Å². The smallest absolute Gasteiger partial charge is 0.294 e. The van der Waals surface area contributed by atoms with Crippen LogP contribution >= 0.6 is 0 Å². The summed E-state index contributed by atoms with van der Waals surface area (Å²) in [6.45, 7) is 3.94. The van der Waals surface area contributed by atoms with Crippen LogP contribution in [-0.2, 0) is 4.79 Å². The van der Waals surface area contributed by atoms with Crippen LogP contribution in [0.5, 0.6) is 0 Å². The van der Waals surface area contributed by atoms with Crippen LogP contribution < -0.4 is 9.80 Å². The molecular formula is C16H16N2O3. The third kappa shape index (κ3) is 2.20. The Hall–Kier alpha value is -2.56. The van der Waals surface area contributed by atoms with E-state index in [1.54, 1.807) is 17.0 Å². The number of hydrogen-bond donors (Lipinski definition) is 0. The number of hydrogen-bond acceptors (Lipinski definition) is 3. The number of benzene rings is 1. The molecular weight excluding hydrogens is 268 g/mol. The van der Waals surface area contributed by atoms with Crippen molar-refractivity contribution in [1.82, 2.24) is 0 Å². The molecule has 0 saturated carbocycles. The Kier molecular flexibility index (Phi) is 3.25. The maximum atomic E-state index is 12.5. The molecule has 2 aromatic rings. The number of carbonyl (C=O) groups is 2. The highest BCUT2D eigenvalue weighted by Crippen LogP contribution is 2.35. The molecule has 0 unspecified atom stereocenters. The molecule has 108 valence electrons. The topological polar surface area (TPSA) is 53.8 Å². The summed E-state index contributed by atoms with van der Waals surface area (Å²) in [7, 11) is 0. The molecule has 0 bridgehead atoms. The standard InChI is InChI=1S/C16H16N2O3/c1-11(2)18-13-7-4-3-6-12(13)17(10-15(18)19)16(20)14-8-5-9-21-14/h3-9,11H,10H2,1-2H3. The van der Waals surface area contributed by atoms with Gasteiger partial charge >= 0.3 is 0 Å². The van der Waals surface area contributed by atoms with Gasteiger partial charge in [0.2, 0.25) is 5.91 Å². The molecule has 0 aliphatic carbocycles. The summed E-state index contributed by atoms with van der Waals surface area (Å²) in [4.78, 5) is 28.1. The van der Waals surface area contributed by atoms with Gasteiger partial charge in [0, 0.05) is 6.04 Å². The van der Waals surface area contributed by atoms with Gasteiger partial charge in [0.15, 0.2) is 5.76 Å². The Morgan fingerprint density at radius 3 is 2.48 bits per heavy atom. The van der Waals surface area contributed by atoms with Gasteiger partial charge in [-0.1, -0.05) is 12.1 Å². The normalized spacial score (nSPS) is 14.5. The molecule has 0 fully saturated rings. The summed E-state index contributed by atoms with van der Waals surface area (Å²) >= 11 is 0. The fourth-order valence-electron chi connectivity index (χ4n) is 2.61. The van der Waals surface area contributed by atoms with E-state index in [-0.39, 0.29) is 30.2 Å². The Morgan fingerprint density at radius 2 is 1.86 bits per heavy atom. The lowest BCUT2D eigenvalue weighted by Crippen LogP contribution is -2.50. The van der Waals surface area contributed by atoms with Gasteiger partial charge in [-0.05, 0) is 38.1 Å². The summed E-state index contributed by atoms with van der Waals surface area (Å²) in [5, 5.41) is 0. The number of furan rings is 1. The van der Waals surface area contributed by atoms with Crippen LogP contribution in [0.2, 0.25) is 0 Å². The van der Waals surface area contributed by atoms with Gasteiger partial charge in [0.05, 0.1) is 17.6 Å². The van der Waals surface area contributed by atoms with Crippen LogP contribution in [0.3, 0.4) is 0 Å². The van der Waals surface area contributed by atoms with Gasteiger partial charge in [-0.3, -0.25) is 14.5 Å². The van der Waals surface area contributed by atoms with E-state index in [1.807, 2.05) is 38.1 Å². The van der Waals surface area contributed by atoms with Crippen LogP contribution in [-0.4, -0.2) is 24.4 Å². The minimum atomic E-state index is -0.302. The monoisotopic (exact) mass is 284 g/mol. The average molecular weight is 284 g/mol. The first-order valence-corrected chi connectivity index (χ1v) is 6.86. The summed E-state index contributed by atoms with van der Waals surface area (Å²) in [5.41, 5.74) is 1.48. The van der Waals surface area contributed by atoms with Gasteiger partial charge < -0.3 is 9.32 Å². The van der Waals surface area contributed by atoms with E-state index in [0.29, 0.717) is 0 Å².